The lowest BCUT2D eigenvalue weighted by Gasteiger charge is -2.30. The highest BCUT2D eigenvalue weighted by Gasteiger charge is 2.29. The summed E-state index contributed by atoms with van der Waals surface area (Å²) in [7, 11) is 0. The lowest BCUT2D eigenvalue weighted by molar-refractivity contribution is -0.128. The highest BCUT2D eigenvalue weighted by Crippen LogP contribution is 2.34. The number of benzene rings is 2. The fraction of sp³-hybridized carbons (Fsp3) is 0.240. The van der Waals surface area contributed by atoms with E-state index in [1.807, 2.05) is 31.2 Å². The Morgan fingerprint density at radius 2 is 2.03 bits per heavy atom. The standard InChI is InChI=1S/C25H23NO5/c1-3-8-17-15-22(28)31-24-18(17)12-13-20(30-21(27)4-2)23(24)25(29)26-14-7-10-16-9-5-6-11-19(16)26/h4-6,9,11-13,15H,2-3,7-8,10,14H2,1H3. The van der Waals surface area contributed by atoms with Crippen molar-refractivity contribution in [3.05, 3.63) is 82.2 Å². The minimum atomic E-state index is -0.695. The summed E-state index contributed by atoms with van der Waals surface area (Å²) in [5, 5.41) is 0.661. The molecule has 2 aromatic carbocycles. The molecule has 1 aliphatic heterocycles. The van der Waals surface area contributed by atoms with Gasteiger partial charge in [-0.25, -0.2) is 9.59 Å². The van der Waals surface area contributed by atoms with E-state index >= 15 is 0 Å². The van der Waals surface area contributed by atoms with Crippen molar-refractivity contribution in [2.75, 3.05) is 11.4 Å². The molecule has 0 spiro atoms. The molecule has 4 rings (SSSR count). The van der Waals surface area contributed by atoms with Crippen LogP contribution in [0.15, 0.2) is 64.3 Å². The number of aryl methyl sites for hydroxylation is 2. The minimum absolute atomic E-state index is 0.0438. The molecule has 6 nitrogen and oxygen atoms in total. The third-order valence-corrected chi connectivity index (χ3v) is 5.43. The Bertz CT molecular complexity index is 1240. The topological polar surface area (TPSA) is 76.8 Å². The number of esters is 1. The quantitative estimate of drug-likeness (QED) is 0.266. The van der Waals surface area contributed by atoms with Crippen LogP contribution in [0.25, 0.3) is 11.0 Å². The monoisotopic (exact) mass is 417 g/mol. The summed E-state index contributed by atoms with van der Waals surface area (Å²) in [4.78, 5) is 39.7. The van der Waals surface area contributed by atoms with Crippen molar-refractivity contribution in [3.8, 4) is 5.75 Å². The average molecular weight is 417 g/mol. The molecule has 0 saturated heterocycles. The highest BCUT2D eigenvalue weighted by molar-refractivity contribution is 6.15. The number of rotatable bonds is 5. The predicted octanol–water partition coefficient (Wildman–Crippen LogP) is 4.43. The van der Waals surface area contributed by atoms with Crippen molar-refractivity contribution in [1.29, 1.82) is 0 Å². The van der Waals surface area contributed by atoms with E-state index in [9.17, 15) is 14.4 Å². The third kappa shape index (κ3) is 3.89. The Kier molecular flexibility index (Phi) is 5.71. The molecule has 0 aliphatic carbocycles. The molecule has 31 heavy (non-hydrogen) atoms. The number of amides is 1. The molecule has 158 valence electrons. The number of ether oxygens (including phenoxy) is 1. The van der Waals surface area contributed by atoms with E-state index in [-0.39, 0.29) is 22.8 Å². The molecule has 0 saturated carbocycles. The van der Waals surface area contributed by atoms with Crippen LogP contribution in [0.1, 0.15) is 41.3 Å². The van der Waals surface area contributed by atoms with Gasteiger partial charge in [0.15, 0.2) is 5.58 Å². The van der Waals surface area contributed by atoms with E-state index in [1.165, 1.54) is 6.07 Å². The summed E-state index contributed by atoms with van der Waals surface area (Å²) in [5.41, 5.74) is 2.33. The van der Waals surface area contributed by atoms with Crippen molar-refractivity contribution >= 4 is 28.5 Å². The first-order chi connectivity index (χ1) is 15.0. The zero-order valence-corrected chi connectivity index (χ0v) is 17.3. The van der Waals surface area contributed by atoms with Crippen LogP contribution in [0.3, 0.4) is 0 Å². The summed E-state index contributed by atoms with van der Waals surface area (Å²) in [6.45, 7) is 5.95. The van der Waals surface area contributed by atoms with Crippen LogP contribution >= 0.6 is 0 Å². The number of fused-ring (bicyclic) bond motifs is 2. The van der Waals surface area contributed by atoms with E-state index in [2.05, 4.69) is 6.58 Å². The summed E-state index contributed by atoms with van der Waals surface area (Å²) < 4.78 is 10.9. The van der Waals surface area contributed by atoms with Crippen LogP contribution < -0.4 is 15.3 Å². The van der Waals surface area contributed by atoms with E-state index in [0.29, 0.717) is 18.4 Å². The molecule has 0 unspecified atom stereocenters. The van der Waals surface area contributed by atoms with Crippen LogP contribution in [0, 0.1) is 0 Å². The fourth-order valence-electron chi connectivity index (χ4n) is 4.07. The van der Waals surface area contributed by atoms with Gasteiger partial charge in [-0.2, -0.15) is 0 Å². The summed E-state index contributed by atoms with van der Waals surface area (Å²) in [6.07, 6.45) is 4.20. The molecular formula is C25H23NO5. The first-order valence-corrected chi connectivity index (χ1v) is 10.4. The van der Waals surface area contributed by atoms with Gasteiger partial charge in [0.1, 0.15) is 11.3 Å². The Hall–Kier alpha value is -3.67. The summed E-state index contributed by atoms with van der Waals surface area (Å²) in [6, 6.07) is 12.5. The second kappa shape index (κ2) is 8.60. The molecule has 1 aliphatic rings. The smallest absolute Gasteiger partial charge is 0.336 e. The first kappa shape index (κ1) is 20.6. The second-order valence-electron chi connectivity index (χ2n) is 7.47. The van der Waals surface area contributed by atoms with Crippen LogP contribution in [0.5, 0.6) is 5.75 Å². The summed E-state index contributed by atoms with van der Waals surface area (Å²) >= 11 is 0. The van der Waals surface area contributed by atoms with Gasteiger partial charge >= 0.3 is 11.6 Å². The molecule has 1 amide bonds. The van der Waals surface area contributed by atoms with E-state index < -0.39 is 11.6 Å². The zero-order chi connectivity index (χ0) is 22.0. The van der Waals surface area contributed by atoms with Gasteiger partial charge in [0, 0.05) is 29.8 Å². The van der Waals surface area contributed by atoms with Crippen LogP contribution in [-0.4, -0.2) is 18.4 Å². The van der Waals surface area contributed by atoms with Gasteiger partial charge in [0.25, 0.3) is 5.91 Å². The number of carbonyl (C=O) groups excluding carboxylic acids is 2. The molecule has 0 radical (unpaired) electrons. The predicted molar refractivity (Wildman–Crippen MR) is 119 cm³/mol. The number of hydrogen-bond acceptors (Lipinski definition) is 5. The number of hydrogen-bond donors (Lipinski definition) is 0. The van der Waals surface area contributed by atoms with Gasteiger partial charge in [-0.05, 0) is 48.6 Å². The molecular weight excluding hydrogens is 394 g/mol. The molecule has 0 N–H and O–H groups in total. The molecule has 2 heterocycles. The number of anilines is 1. The van der Waals surface area contributed by atoms with Crippen LogP contribution in [0.2, 0.25) is 0 Å². The molecule has 1 aromatic heterocycles. The van der Waals surface area contributed by atoms with Gasteiger partial charge in [-0.15, -0.1) is 0 Å². The number of nitrogens with zero attached hydrogens (tertiary/aromatic N) is 1. The average Bonchev–Trinajstić information content (AvgIpc) is 2.78. The number of para-hydroxylation sites is 1. The van der Waals surface area contributed by atoms with Gasteiger partial charge in [-0.1, -0.05) is 38.1 Å². The van der Waals surface area contributed by atoms with Gasteiger partial charge in [0.2, 0.25) is 0 Å². The lowest BCUT2D eigenvalue weighted by atomic mass is 9.98. The maximum Gasteiger partial charge on any atom is 0.336 e. The van der Waals surface area contributed by atoms with Crippen molar-refractivity contribution in [1.82, 2.24) is 0 Å². The lowest BCUT2D eigenvalue weighted by Crippen LogP contribution is -2.36. The third-order valence-electron chi connectivity index (χ3n) is 5.43. The van der Waals surface area contributed by atoms with Crippen molar-refractivity contribution in [2.24, 2.45) is 0 Å². The largest absolute Gasteiger partial charge is 0.422 e. The van der Waals surface area contributed by atoms with Crippen molar-refractivity contribution in [2.45, 2.75) is 32.6 Å². The molecule has 0 bridgehead atoms. The highest BCUT2D eigenvalue weighted by atomic mass is 16.5. The van der Waals surface area contributed by atoms with E-state index in [1.54, 1.807) is 17.0 Å². The first-order valence-electron chi connectivity index (χ1n) is 10.4. The van der Waals surface area contributed by atoms with Crippen LogP contribution in [-0.2, 0) is 17.6 Å². The molecule has 0 fully saturated rings. The summed E-state index contributed by atoms with van der Waals surface area (Å²) in [5.74, 6) is -1.02. The van der Waals surface area contributed by atoms with Gasteiger partial charge in [0.05, 0.1) is 0 Å². The van der Waals surface area contributed by atoms with Crippen molar-refractivity contribution in [3.63, 3.8) is 0 Å². The molecule has 0 atom stereocenters. The molecule has 6 heteroatoms. The molecule has 3 aromatic rings. The van der Waals surface area contributed by atoms with Gasteiger partial charge < -0.3 is 14.1 Å². The van der Waals surface area contributed by atoms with Crippen LogP contribution in [0.4, 0.5) is 5.69 Å². The fourth-order valence-corrected chi connectivity index (χ4v) is 4.07. The Labute approximate surface area is 179 Å². The Balaban J connectivity index is 1.95. The maximum absolute atomic E-state index is 13.8. The van der Waals surface area contributed by atoms with Crippen molar-refractivity contribution < 1.29 is 18.7 Å². The second-order valence-corrected chi connectivity index (χ2v) is 7.47. The minimum Gasteiger partial charge on any atom is -0.422 e. The van der Waals surface area contributed by atoms with E-state index in [4.69, 9.17) is 9.15 Å². The number of carbonyl (C=O) groups is 2. The zero-order valence-electron chi connectivity index (χ0n) is 17.3. The Morgan fingerprint density at radius 3 is 2.81 bits per heavy atom. The van der Waals surface area contributed by atoms with Gasteiger partial charge in [-0.3, -0.25) is 4.79 Å². The van der Waals surface area contributed by atoms with E-state index in [0.717, 1.165) is 42.2 Å². The Morgan fingerprint density at radius 1 is 1.23 bits per heavy atom. The maximum atomic E-state index is 13.8. The normalized spacial score (nSPS) is 13.0. The SMILES string of the molecule is C=CC(=O)Oc1ccc2c(CCC)cc(=O)oc2c1C(=O)N1CCCc2ccccc21.